The second-order valence-electron chi connectivity index (χ2n) is 3.81. The van der Waals surface area contributed by atoms with Crippen LogP contribution >= 0.6 is 11.6 Å². The van der Waals surface area contributed by atoms with E-state index in [1.807, 2.05) is 6.07 Å². The standard InChI is InChI=1S/C13H13ClN2/c1-9-3-4-12(10(2)7-9)16-11-5-6-15-13(14)8-11/h3-8H,1-2H3,(H,15,16). The summed E-state index contributed by atoms with van der Waals surface area (Å²) in [6.45, 7) is 4.16. The van der Waals surface area contributed by atoms with Crippen LogP contribution in [0.15, 0.2) is 36.5 Å². The summed E-state index contributed by atoms with van der Waals surface area (Å²) < 4.78 is 0. The molecule has 16 heavy (non-hydrogen) atoms. The van der Waals surface area contributed by atoms with Crippen LogP contribution in [-0.4, -0.2) is 4.98 Å². The number of hydrogen-bond donors (Lipinski definition) is 1. The number of anilines is 2. The van der Waals surface area contributed by atoms with Crippen LogP contribution in [0.4, 0.5) is 11.4 Å². The van der Waals surface area contributed by atoms with Crippen molar-refractivity contribution in [2.45, 2.75) is 13.8 Å². The normalized spacial score (nSPS) is 10.2. The van der Waals surface area contributed by atoms with Crippen molar-refractivity contribution >= 4 is 23.0 Å². The van der Waals surface area contributed by atoms with Gasteiger partial charge in [-0.3, -0.25) is 0 Å². The molecule has 0 bridgehead atoms. The fourth-order valence-corrected chi connectivity index (χ4v) is 1.76. The van der Waals surface area contributed by atoms with Crippen molar-refractivity contribution in [2.75, 3.05) is 5.32 Å². The van der Waals surface area contributed by atoms with E-state index < -0.39 is 0 Å². The maximum atomic E-state index is 5.82. The largest absolute Gasteiger partial charge is 0.355 e. The van der Waals surface area contributed by atoms with E-state index in [4.69, 9.17) is 11.6 Å². The molecule has 0 aliphatic carbocycles. The second kappa shape index (κ2) is 4.54. The molecular weight excluding hydrogens is 220 g/mol. The van der Waals surface area contributed by atoms with Gasteiger partial charge in [0.05, 0.1) is 0 Å². The lowest BCUT2D eigenvalue weighted by molar-refractivity contribution is 1.31. The summed E-state index contributed by atoms with van der Waals surface area (Å²) in [7, 11) is 0. The molecule has 1 N–H and O–H groups in total. The maximum absolute atomic E-state index is 5.82. The van der Waals surface area contributed by atoms with Crippen LogP contribution in [0.3, 0.4) is 0 Å². The van der Waals surface area contributed by atoms with E-state index in [2.05, 4.69) is 42.3 Å². The molecule has 1 aromatic carbocycles. The van der Waals surface area contributed by atoms with Gasteiger partial charge in [0.1, 0.15) is 5.15 Å². The van der Waals surface area contributed by atoms with Crippen molar-refractivity contribution in [3.8, 4) is 0 Å². The predicted molar refractivity (Wildman–Crippen MR) is 68.4 cm³/mol. The van der Waals surface area contributed by atoms with Gasteiger partial charge >= 0.3 is 0 Å². The van der Waals surface area contributed by atoms with E-state index in [-0.39, 0.29) is 0 Å². The maximum Gasteiger partial charge on any atom is 0.131 e. The Hall–Kier alpha value is -1.54. The molecule has 0 radical (unpaired) electrons. The van der Waals surface area contributed by atoms with Crippen molar-refractivity contribution in [3.05, 3.63) is 52.8 Å². The Morgan fingerprint density at radius 3 is 2.62 bits per heavy atom. The quantitative estimate of drug-likeness (QED) is 0.789. The molecule has 2 aromatic rings. The Kier molecular flexibility index (Phi) is 3.11. The van der Waals surface area contributed by atoms with Gasteiger partial charge in [-0.25, -0.2) is 4.98 Å². The summed E-state index contributed by atoms with van der Waals surface area (Å²) >= 11 is 5.82. The van der Waals surface area contributed by atoms with Crippen LogP contribution in [0.25, 0.3) is 0 Å². The molecule has 2 nitrogen and oxygen atoms in total. The Balaban J connectivity index is 2.27. The van der Waals surface area contributed by atoms with Gasteiger partial charge in [-0.15, -0.1) is 0 Å². The molecule has 0 unspecified atom stereocenters. The van der Waals surface area contributed by atoms with Crippen LogP contribution < -0.4 is 5.32 Å². The molecule has 1 aromatic heterocycles. The van der Waals surface area contributed by atoms with E-state index in [9.17, 15) is 0 Å². The van der Waals surface area contributed by atoms with E-state index in [0.717, 1.165) is 11.4 Å². The highest BCUT2D eigenvalue weighted by Gasteiger charge is 1.99. The number of rotatable bonds is 2. The zero-order valence-corrected chi connectivity index (χ0v) is 10.0. The SMILES string of the molecule is Cc1ccc(Nc2ccnc(Cl)c2)c(C)c1. The number of aromatic nitrogens is 1. The summed E-state index contributed by atoms with van der Waals surface area (Å²) in [4.78, 5) is 3.94. The Labute approximate surface area is 100 Å². The van der Waals surface area contributed by atoms with Crippen LogP contribution in [0.5, 0.6) is 0 Å². The third-order valence-electron chi connectivity index (χ3n) is 2.39. The number of benzene rings is 1. The van der Waals surface area contributed by atoms with Crippen molar-refractivity contribution in [1.82, 2.24) is 4.98 Å². The van der Waals surface area contributed by atoms with Crippen molar-refractivity contribution in [2.24, 2.45) is 0 Å². The molecule has 0 aliphatic heterocycles. The highest BCUT2D eigenvalue weighted by Crippen LogP contribution is 2.22. The van der Waals surface area contributed by atoms with Crippen LogP contribution in [-0.2, 0) is 0 Å². The smallest absolute Gasteiger partial charge is 0.131 e. The first kappa shape index (κ1) is 11.0. The zero-order valence-electron chi connectivity index (χ0n) is 9.29. The topological polar surface area (TPSA) is 24.9 Å². The number of pyridine rings is 1. The summed E-state index contributed by atoms with van der Waals surface area (Å²) in [5.41, 5.74) is 4.52. The van der Waals surface area contributed by atoms with Crippen molar-refractivity contribution in [3.63, 3.8) is 0 Å². The first-order chi connectivity index (χ1) is 7.65. The van der Waals surface area contributed by atoms with Crippen molar-refractivity contribution in [1.29, 1.82) is 0 Å². The number of halogens is 1. The Morgan fingerprint density at radius 2 is 1.94 bits per heavy atom. The Bertz CT molecular complexity index is 509. The van der Waals surface area contributed by atoms with E-state index in [1.54, 1.807) is 12.3 Å². The number of nitrogens with zero attached hydrogens (tertiary/aromatic N) is 1. The minimum absolute atomic E-state index is 0.495. The van der Waals surface area contributed by atoms with Gasteiger partial charge < -0.3 is 5.32 Å². The molecule has 0 amide bonds. The lowest BCUT2D eigenvalue weighted by Gasteiger charge is -2.10. The fraction of sp³-hybridized carbons (Fsp3) is 0.154. The highest BCUT2D eigenvalue weighted by molar-refractivity contribution is 6.29. The first-order valence-corrected chi connectivity index (χ1v) is 5.49. The monoisotopic (exact) mass is 232 g/mol. The first-order valence-electron chi connectivity index (χ1n) is 5.11. The molecule has 82 valence electrons. The third kappa shape index (κ3) is 2.52. The highest BCUT2D eigenvalue weighted by atomic mass is 35.5. The molecule has 3 heteroatoms. The van der Waals surface area contributed by atoms with E-state index in [0.29, 0.717) is 5.15 Å². The third-order valence-corrected chi connectivity index (χ3v) is 2.59. The van der Waals surface area contributed by atoms with E-state index in [1.165, 1.54) is 11.1 Å². The van der Waals surface area contributed by atoms with Crippen LogP contribution in [0, 0.1) is 13.8 Å². The molecule has 0 saturated heterocycles. The van der Waals surface area contributed by atoms with Gasteiger partial charge in [0.25, 0.3) is 0 Å². The van der Waals surface area contributed by atoms with Gasteiger partial charge in [0.2, 0.25) is 0 Å². The summed E-state index contributed by atoms with van der Waals surface area (Å²) in [5, 5.41) is 3.81. The molecule has 0 saturated carbocycles. The van der Waals surface area contributed by atoms with E-state index >= 15 is 0 Å². The lowest BCUT2D eigenvalue weighted by Crippen LogP contribution is -1.93. The molecular formula is C13H13ClN2. The fourth-order valence-electron chi connectivity index (χ4n) is 1.59. The van der Waals surface area contributed by atoms with Gasteiger partial charge in [0, 0.05) is 17.6 Å². The average Bonchev–Trinajstić information content (AvgIpc) is 2.22. The number of aryl methyl sites for hydroxylation is 2. The predicted octanol–water partition coefficient (Wildman–Crippen LogP) is 4.10. The molecule has 0 fully saturated rings. The average molecular weight is 233 g/mol. The van der Waals surface area contributed by atoms with Gasteiger partial charge in [0.15, 0.2) is 0 Å². The van der Waals surface area contributed by atoms with Crippen molar-refractivity contribution < 1.29 is 0 Å². The summed E-state index contributed by atoms with van der Waals surface area (Å²) in [5.74, 6) is 0. The van der Waals surface area contributed by atoms with Crippen LogP contribution in [0.1, 0.15) is 11.1 Å². The number of hydrogen-bond acceptors (Lipinski definition) is 2. The van der Waals surface area contributed by atoms with Gasteiger partial charge in [-0.1, -0.05) is 29.3 Å². The lowest BCUT2D eigenvalue weighted by atomic mass is 10.1. The second-order valence-corrected chi connectivity index (χ2v) is 4.20. The minimum atomic E-state index is 0.495. The molecule has 2 rings (SSSR count). The molecule has 0 atom stereocenters. The summed E-state index contributed by atoms with van der Waals surface area (Å²) in [6, 6.07) is 9.99. The van der Waals surface area contributed by atoms with Gasteiger partial charge in [-0.2, -0.15) is 0 Å². The molecule has 0 aliphatic rings. The Morgan fingerprint density at radius 1 is 1.12 bits per heavy atom. The van der Waals surface area contributed by atoms with Gasteiger partial charge in [-0.05, 0) is 37.6 Å². The summed E-state index contributed by atoms with van der Waals surface area (Å²) in [6.07, 6.45) is 1.69. The molecule has 1 heterocycles. The zero-order chi connectivity index (χ0) is 11.5. The number of nitrogens with one attached hydrogen (secondary N) is 1. The minimum Gasteiger partial charge on any atom is -0.355 e. The molecule has 0 spiro atoms. The van der Waals surface area contributed by atoms with Crippen LogP contribution in [0.2, 0.25) is 5.15 Å².